The summed E-state index contributed by atoms with van der Waals surface area (Å²) in [5.74, 6) is 6.29. The van der Waals surface area contributed by atoms with E-state index in [1.807, 2.05) is 0 Å². The second kappa shape index (κ2) is 4.66. The molecule has 1 atom stereocenters. The molecule has 1 fully saturated rings. The van der Waals surface area contributed by atoms with Crippen LogP contribution in [0.15, 0.2) is 6.20 Å². The van der Waals surface area contributed by atoms with E-state index in [1.54, 1.807) is 6.20 Å². The Kier molecular flexibility index (Phi) is 3.40. The van der Waals surface area contributed by atoms with Crippen LogP contribution in [0.1, 0.15) is 33.1 Å². The van der Waals surface area contributed by atoms with Gasteiger partial charge < -0.3 is 5.32 Å². The molecule has 0 radical (unpaired) electrons. The summed E-state index contributed by atoms with van der Waals surface area (Å²) in [4.78, 5) is 8.15. The van der Waals surface area contributed by atoms with Crippen LogP contribution in [0.3, 0.4) is 0 Å². The molecule has 0 amide bonds. The van der Waals surface area contributed by atoms with E-state index in [9.17, 15) is 0 Å². The second-order valence-corrected chi connectivity index (χ2v) is 5.69. The van der Waals surface area contributed by atoms with Crippen LogP contribution in [-0.4, -0.2) is 16.0 Å². The summed E-state index contributed by atoms with van der Waals surface area (Å²) in [6.45, 7) is 4.56. The molecule has 94 valence electrons. The maximum Gasteiger partial charge on any atom is 0.239 e. The molecule has 4 N–H and O–H groups in total. The van der Waals surface area contributed by atoms with Gasteiger partial charge in [-0.1, -0.05) is 25.4 Å². The average Bonchev–Trinajstić information content (AvgIpc) is 2.61. The standard InChI is InChI=1S/C11H18ClN5/c1-11(2)4-3-7(5-11)15-9-8(12)6-14-10(16-9)17-13/h6-7H,3-5,13H2,1-2H3,(H2,14,15,16,17). The molecule has 5 nitrogen and oxygen atoms in total. The number of nitrogens with two attached hydrogens (primary N) is 1. The number of hydrazine groups is 1. The molecule has 2 rings (SSSR count). The summed E-state index contributed by atoms with van der Waals surface area (Å²) in [7, 11) is 0. The second-order valence-electron chi connectivity index (χ2n) is 5.28. The first-order chi connectivity index (χ1) is 8.00. The van der Waals surface area contributed by atoms with E-state index in [0.29, 0.717) is 28.2 Å². The van der Waals surface area contributed by atoms with E-state index in [4.69, 9.17) is 17.4 Å². The van der Waals surface area contributed by atoms with Crippen molar-refractivity contribution in [2.45, 2.75) is 39.2 Å². The minimum Gasteiger partial charge on any atom is -0.366 e. The normalized spacial score (nSPS) is 22.5. The maximum absolute atomic E-state index is 6.05. The number of anilines is 2. The Bertz CT molecular complexity index is 407. The third kappa shape index (κ3) is 2.98. The topological polar surface area (TPSA) is 75.9 Å². The molecular formula is C11H18ClN5. The van der Waals surface area contributed by atoms with Gasteiger partial charge in [-0.3, -0.25) is 5.43 Å². The summed E-state index contributed by atoms with van der Waals surface area (Å²) >= 11 is 6.05. The molecule has 17 heavy (non-hydrogen) atoms. The molecule has 1 heterocycles. The van der Waals surface area contributed by atoms with Gasteiger partial charge in [0.25, 0.3) is 0 Å². The summed E-state index contributed by atoms with van der Waals surface area (Å²) < 4.78 is 0. The largest absolute Gasteiger partial charge is 0.366 e. The first-order valence-electron chi connectivity index (χ1n) is 5.76. The minimum atomic E-state index is 0.370. The third-order valence-electron chi connectivity index (χ3n) is 3.18. The Morgan fingerprint density at radius 3 is 2.88 bits per heavy atom. The van der Waals surface area contributed by atoms with Gasteiger partial charge in [0.15, 0.2) is 5.82 Å². The van der Waals surface area contributed by atoms with Crippen molar-refractivity contribution < 1.29 is 0 Å². The van der Waals surface area contributed by atoms with Gasteiger partial charge in [0.05, 0.1) is 6.20 Å². The predicted octanol–water partition coefficient (Wildman–Crippen LogP) is 2.41. The monoisotopic (exact) mass is 255 g/mol. The number of rotatable bonds is 3. The zero-order chi connectivity index (χ0) is 12.5. The van der Waals surface area contributed by atoms with Crippen LogP contribution in [0.25, 0.3) is 0 Å². The van der Waals surface area contributed by atoms with E-state index in [0.717, 1.165) is 12.8 Å². The summed E-state index contributed by atoms with van der Waals surface area (Å²) in [6, 6.07) is 0.419. The van der Waals surface area contributed by atoms with Crippen molar-refractivity contribution in [3.8, 4) is 0 Å². The first-order valence-corrected chi connectivity index (χ1v) is 6.14. The highest BCUT2D eigenvalue weighted by Gasteiger charge is 2.31. The molecular weight excluding hydrogens is 238 g/mol. The molecule has 0 aromatic carbocycles. The Hall–Kier alpha value is -1.07. The van der Waals surface area contributed by atoms with Gasteiger partial charge in [0, 0.05) is 6.04 Å². The summed E-state index contributed by atoms with van der Waals surface area (Å²) in [5, 5.41) is 3.88. The molecule has 0 saturated heterocycles. The number of halogens is 1. The number of hydrogen-bond donors (Lipinski definition) is 3. The lowest BCUT2D eigenvalue weighted by Crippen LogP contribution is -2.19. The Balaban J connectivity index is 2.08. The average molecular weight is 256 g/mol. The predicted molar refractivity (Wildman–Crippen MR) is 69.9 cm³/mol. The number of nitrogens with one attached hydrogen (secondary N) is 2. The molecule has 1 aromatic heterocycles. The van der Waals surface area contributed by atoms with Gasteiger partial charge in [-0.25, -0.2) is 10.8 Å². The Labute approximate surface area is 106 Å². The molecule has 1 unspecified atom stereocenters. The number of aromatic nitrogens is 2. The fraction of sp³-hybridized carbons (Fsp3) is 0.636. The highest BCUT2D eigenvalue weighted by molar-refractivity contribution is 6.32. The molecule has 6 heteroatoms. The number of nitrogens with zero attached hydrogens (tertiary/aromatic N) is 2. The van der Waals surface area contributed by atoms with Crippen LogP contribution < -0.4 is 16.6 Å². The quantitative estimate of drug-likeness (QED) is 0.571. The molecule has 0 bridgehead atoms. The van der Waals surface area contributed by atoms with Gasteiger partial charge in [0.1, 0.15) is 5.02 Å². The van der Waals surface area contributed by atoms with Crippen molar-refractivity contribution >= 4 is 23.4 Å². The van der Waals surface area contributed by atoms with Gasteiger partial charge in [-0.05, 0) is 24.7 Å². The van der Waals surface area contributed by atoms with E-state index >= 15 is 0 Å². The van der Waals surface area contributed by atoms with Crippen molar-refractivity contribution in [2.75, 3.05) is 10.7 Å². The van der Waals surface area contributed by atoms with Crippen LogP contribution in [-0.2, 0) is 0 Å². The highest BCUT2D eigenvalue weighted by Crippen LogP contribution is 2.38. The van der Waals surface area contributed by atoms with Crippen LogP contribution in [0, 0.1) is 5.41 Å². The van der Waals surface area contributed by atoms with Crippen LogP contribution in [0.4, 0.5) is 11.8 Å². The van der Waals surface area contributed by atoms with Gasteiger partial charge in [0.2, 0.25) is 5.95 Å². The lowest BCUT2D eigenvalue weighted by atomic mass is 9.92. The van der Waals surface area contributed by atoms with Gasteiger partial charge >= 0.3 is 0 Å². The minimum absolute atomic E-state index is 0.370. The van der Waals surface area contributed by atoms with Crippen LogP contribution in [0.2, 0.25) is 5.02 Å². The number of nitrogen functional groups attached to an aromatic ring is 1. The van der Waals surface area contributed by atoms with Crippen LogP contribution in [0.5, 0.6) is 0 Å². The van der Waals surface area contributed by atoms with Crippen molar-refractivity contribution in [1.29, 1.82) is 0 Å². The maximum atomic E-state index is 6.05. The third-order valence-corrected chi connectivity index (χ3v) is 3.46. The van der Waals surface area contributed by atoms with Crippen molar-refractivity contribution in [1.82, 2.24) is 9.97 Å². The fourth-order valence-corrected chi connectivity index (χ4v) is 2.44. The zero-order valence-electron chi connectivity index (χ0n) is 10.1. The van der Waals surface area contributed by atoms with Crippen molar-refractivity contribution in [3.63, 3.8) is 0 Å². The first kappa shape index (κ1) is 12.4. The number of hydrogen-bond acceptors (Lipinski definition) is 5. The molecule has 0 aliphatic heterocycles. The molecule has 1 aliphatic carbocycles. The molecule has 1 saturated carbocycles. The van der Waals surface area contributed by atoms with E-state index in [-0.39, 0.29) is 0 Å². The van der Waals surface area contributed by atoms with Crippen molar-refractivity contribution in [2.24, 2.45) is 11.3 Å². The lowest BCUT2D eigenvalue weighted by molar-refractivity contribution is 0.378. The van der Waals surface area contributed by atoms with Crippen molar-refractivity contribution in [3.05, 3.63) is 11.2 Å². The Morgan fingerprint density at radius 2 is 2.29 bits per heavy atom. The molecule has 1 aromatic rings. The SMILES string of the molecule is CC1(C)CCC(Nc2nc(NN)ncc2Cl)C1. The summed E-state index contributed by atoms with van der Waals surface area (Å²) in [6.07, 6.45) is 5.03. The van der Waals surface area contributed by atoms with Gasteiger partial charge in [-0.15, -0.1) is 0 Å². The van der Waals surface area contributed by atoms with Crippen LogP contribution >= 0.6 is 11.6 Å². The van der Waals surface area contributed by atoms with E-state index < -0.39 is 0 Å². The highest BCUT2D eigenvalue weighted by atomic mass is 35.5. The fourth-order valence-electron chi connectivity index (χ4n) is 2.29. The lowest BCUT2D eigenvalue weighted by Gasteiger charge is -2.18. The molecule has 1 aliphatic rings. The molecule has 0 spiro atoms. The zero-order valence-corrected chi connectivity index (χ0v) is 10.9. The van der Waals surface area contributed by atoms with Gasteiger partial charge in [-0.2, -0.15) is 4.98 Å². The Morgan fingerprint density at radius 1 is 1.53 bits per heavy atom. The van der Waals surface area contributed by atoms with E-state index in [1.165, 1.54) is 6.42 Å². The van der Waals surface area contributed by atoms with E-state index in [2.05, 4.69) is 34.6 Å². The summed E-state index contributed by atoms with van der Waals surface area (Å²) in [5.41, 5.74) is 2.81. The smallest absolute Gasteiger partial charge is 0.239 e.